The van der Waals surface area contributed by atoms with Crippen molar-refractivity contribution in [3.63, 3.8) is 0 Å². The monoisotopic (exact) mass is 319 g/mol. The second-order valence-electron chi connectivity index (χ2n) is 6.14. The van der Waals surface area contributed by atoms with Gasteiger partial charge >= 0.3 is 0 Å². The number of pyridine rings is 1. The third-order valence-corrected chi connectivity index (χ3v) is 4.58. The number of nitrogens with one attached hydrogen (secondary N) is 1. The van der Waals surface area contributed by atoms with E-state index in [4.69, 9.17) is 0 Å². The molecule has 1 fully saturated rings. The zero-order valence-electron chi connectivity index (χ0n) is 13.3. The fourth-order valence-electron chi connectivity index (χ4n) is 3.26. The summed E-state index contributed by atoms with van der Waals surface area (Å²) in [6.07, 6.45) is 5.87. The van der Waals surface area contributed by atoms with E-state index in [0.29, 0.717) is 0 Å². The number of fused-ring (bicyclic) bond motifs is 1. The Morgan fingerprint density at radius 3 is 2.82 bits per heavy atom. The van der Waals surface area contributed by atoms with E-state index >= 15 is 0 Å². The van der Waals surface area contributed by atoms with Crippen LogP contribution in [0.4, 0.5) is 0 Å². The molecule has 0 unspecified atom stereocenters. The van der Waals surface area contributed by atoms with Gasteiger partial charge in [0, 0.05) is 18.1 Å². The molecule has 0 radical (unpaired) electrons. The minimum atomic E-state index is 0. The Morgan fingerprint density at radius 2 is 2.05 bits per heavy atom. The normalized spacial score (nSPS) is 16.6. The van der Waals surface area contributed by atoms with Crippen molar-refractivity contribution in [2.45, 2.75) is 25.8 Å². The van der Waals surface area contributed by atoms with Crippen molar-refractivity contribution < 1.29 is 0 Å². The number of hydrogen-bond acceptors (Lipinski definition) is 3. The summed E-state index contributed by atoms with van der Waals surface area (Å²) >= 11 is 0. The summed E-state index contributed by atoms with van der Waals surface area (Å²) in [5, 5.41) is 4.51. The Kier molecular flexibility index (Phi) is 6.62. The van der Waals surface area contributed by atoms with Crippen molar-refractivity contribution in [3.8, 4) is 0 Å². The third kappa shape index (κ3) is 4.42. The number of aromatic nitrogens is 1. The Bertz CT molecular complexity index is 579. The molecule has 3 rings (SSSR count). The molecule has 22 heavy (non-hydrogen) atoms. The predicted molar refractivity (Wildman–Crippen MR) is 95.5 cm³/mol. The first-order chi connectivity index (χ1) is 10.3. The first-order valence-electron chi connectivity index (χ1n) is 8.06. The Labute approximate surface area is 139 Å². The zero-order valence-corrected chi connectivity index (χ0v) is 14.1. The maximum Gasteiger partial charge on any atom is 0.0702 e. The molecule has 120 valence electrons. The highest BCUT2D eigenvalue weighted by Gasteiger charge is 2.18. The molecular weight excluding hydrogens is 294 g/mol. The van der Waals surface area contributed by atoms with E-state index in [1.54, 1.807) is 0 Å². The zero-order chi connectivity index (χ0) is 14.5. The average molecular weight is 320 g/mol. The van der Waals surface area contributed by atoms with E-state index < -0.39 is 0 Å². The molecule has 0 atom stereocenters. The molecule has 1 aliphatic heterocycles. The van der Waals surface area contributed by atoms with Gasteiger partial charge in [0.2, 0.25) is 0 Å². The van der Waals surface area contributed by atoms with Gasteiger partial charge in [-0.3, -0.25) is 9.88 Å². The van der Waals surface area contributed by atoms with E-state index in [2.05, 4.69) is 39.5 Å². The van der Waals surface area contributed by atoms with Crippen molar-refractivity contribution in [1.29, 1.82) is 0 Å². The van der Waals surface area contributed by atoms with E-state index in [0.717, 1.165) is 24.5 Å². The largest absolute Gasteiger partial charge is 0.320 e. The van der Waals surface area contributed by atoms with Gasteiger partial charge in [0.15, 0.2) is 0 Å². The van der Waals surface area contributed by atoms with E-state index in [1.165, 1.54) is 43.3 Å². The third-order valence-electron chi connectivity index (χ3n) is 4.58. The molecule has 1 saturated heterocycles. The van der Waals surface area contributed by atoms with Gasteiger partial charge in [-0.25, -0.2) is 0 Å². The fraction of sp³-hybridized carbons (Fsp3) is 0.500. The van der Waals surface area contributed by atoms with Crippen LogP contribution in [-0.2, 0) is 6.54 Å². The second kappa shape index (κ2) is 8.47. The first-order valence-corrected chi connectivity index (χ1v) is 8.06. The summed E-state index contributed by atoms with van der Waals surface area (Å²) in [5.74, 6) is 0.912. The van der Waals surface area contributed by atoms with Crippen molar-refractivity contribution in [1.82, 2.24) is 15.2 Å². The van der Waals surface area contributed by atoms with E-state index in [9.17, 15) is 0 Å². The van der Waals surface area contributed by atoms with Gasteiger partial charge in [-0.15, -0.1) is 12.4 Å². The number of piperidine rings is 1. The van der Waals surface area contributed by atoms with Crippen LogP contribution in [-0.4, -0.2) is 36.6 Å². The van der Waals surface area contributed by atoms with Gasteiger partial charge < -0.3 is 5.32 Å². The van der Waals surface area contributed by atoms with Gasteiger partial charge in [-0.1, -0.05) is 12.1 Å². The molecule has 2 aromatic rings. The topological polar surface area (TPSA) is 28.2 Å². The van der Waals surface area contributed by atoms with Gasteiger partial charge in [0.25, 0.3) is 0 Å². The van der Waals surface area contributed by atoms with Crippen LogP contribution in [0.2, 0.25) is 0 Å². The lowest BCUT2D eigenvalue weighted by Gasteiger charge is -2.32. The van der Waals surface area contributed by atoms with Gasteiger partial charge in [0.1, 0.15) is 0 Å². The number of likely N-dealkylation sites (tertiary alicyclic amines) is 1. The van der Waals surface area contributed by atoms with Gasteiger partial charge in [-0.2, -0.15) is 0 Å². The van der Waals surface area contributed by atoms with Crippen LogP contribution in [0.25, 0.3) is 10.9 Å². The molecular formula is C18H26ClN3. The lowest BCUT2D eigenvalue weighted by atomic mass is 9.93. The predicted octanol–water partition coefficient (Wildman–Crippen LogP) is 3.48. The molecule has 0 spiro atoms. The van der Waals surface area contributed by atoms with Crippen LogP contribution >= 0.6 is 12.4 Å². The fourth-order valence-corrected chi connectivity index (χ4v) is 3.26. The van der Waals surface area contributed by atoms with Crippen molar-refractivity contribution in [3.05, 3.63) is 42.1 Å². The SMILES string of the molecule is CNCCC1CCN(Cc2ccc3ncccc3c2)CC1.Cl. The highest BCUT2D eigenvalue weighted by Crippen LogP contribution is 2.22. The standard InChI is InChI=1S/C18H25N3.ClH/c1-19-10-6-15-7-11-21(12-8-15)14-16-4-5-18-17(13-16)3-2-9-20-18;/h2-5,9,13,15,19H,6-8,10-12,14H2,1H3;1H. The van der Waals surface area contributed by atoms with Crippen LogP contribution < -0.4 is 5.32 Å². The maximum absolute atomic E-state index is 4.39. The minimum Gasteiger partial charge on any atom is -0.320 e. The van der Waals surface area contributed by atoms with Crippen LogP contribution in [0, 0.1) is 5.92 Å². The number of nitrogens with zero attached hydrogens (tertiary/aromatic N) is 2. The van der Waals surface area contributed by atoms with E-state index in [-0.39, 0.29) is 12.4 Å². The minimum absolute atomic E-state index is 0. The summed E-state index contributed by atoms with van der Waals surface area (Å²) in [6.45, 7) is 4.70. The van der Waals surface area contributed by atoms with Crippen LogP contribution in [0.1, 0.15) is 24.8 Å². The molecule has 1 aromatic carbocycles. The molecule has 0 aliphatic carbocycles. The smallest absolute Gasteiger partial charge is 0.0702 e. The highest BCUT2D eigenvalue weighted by molar-refractivity contribution is 5.85. The Balaban J connectivity index is 0.00000176. The summed E-state index contributed by atoms with van der Waals surface area (Å²) in [4.78, 5) is 6.98. The maximum atomic E-state index is 4.39. The lowest BCUT2D eigenvalue weighted by Crippen LogP contribution is -2.34. The molecule has 1 aromatic heterocycles. The molecule has 3 nitrogen and oxygen atoms in total. The molecule has 0 bridgehead atoms. The van der Waals surface area contributed by atoms with Gasteiger partial charge in [-0.05, 0) is 75.6 Å². The number of hydrogen-bond donors (Lipinski definition) is 1. The summed E-state index contributed by atoms with van der Waals surface area (Å²) in [6, 6.07) is 10.8. The average Bonchev–Trinajstić information content (AvgIpc) is 2.54. The molecule has 1 aliphatic rings. The van der Waals surface area contributed by atoms with Crippen molar-refractivity contribution >= 4 is 23.3 Å². The quantitative estimate of drug-likeness (QED) is 0.914. The number of halogens is 1. The van der Waals surface area contributed by atoms with Crippen LogP contribution in [0.5, 0.6) is 0 Å². The summed E-state index contributed by atoms with van der Waals surface area (Å²) in [7, 11) is 2.05. The first kappa shape index (κ1) is 17.2. The Hall–Kier alpha value is -1.16. The second-order valence-corrected chi connectivity index (χ2v) is 6.14. The van der Waals surface area contributed by atoms with Crippen LogP contribution in [0.15, 0.2) is 36.5 Å². The Morgan fingerprint density at radius 1 is 1.23 bits per heavy atom. The lowest BCUT2D eigenvalue weighted by molar-refractivity contribution is 0.172. The highest BCUT2D eigenvalue weighted by atomic mass is 35.5. The summed E-state index contributed by atoms with van der Waals surface area (Å²) in [5.41, 5.74) is 2.50. The van der Waals surface area contributed by atoms with Crippen molar-refractivity contribution in [2.75, 3.05) is 26.7 Å². The molecule has 0 amide bonds. The van der Waals surface area contributed by atoms with Crippen molar-refractivity contribution in [2.24, 2.45) is 5.92 Å². The molecule has 1 N–H and O–H groups in total. The molecule has 4 heteroatoms. The number of rotatable bonds is 5. The summed E-state index contributed by atoms with van der Waals surface area (Å²) < 4.78 is 0. The van der Waals surface area contributed by atoms with E-state index in [1.807, 2.05) is 19.3 Å². The number of benzene rings is 1. The molecule has 0 saturated carbocycles. The van der Waals surface area contributed by atoms with Gasteiger partial charge in [0.05, 0.1) is 5.52 Å². The van der Waals surface area contributed by atoms with Crippen LogP contribution in [0.3, 0.4) is 0 Å². The molecule has 2 heterocycles.